The molecule has 1 saturated heterocycles. The van der Waals surface area contributed by atoms with Gasteiger partial charge < -0.3 is 14.8 Å². The maximum Gasteiger partial charge on any atom is 0.129 e. The molecule has 2 rings (SSSR count). The highest BCUT2D eigenvalue weighted by Gasteiger charge is 2.21. The molecule has 0 aliphatic carbocycles. The van der Waals surface area contributed by atoms with Gasteiger partial charge in [-0.2, -0.15) is 0 Å². The molecule has 1 aromatic rings. The van der Waals surface area contributed by atoms with E-state index in [0.717, 1.165) is 24.5 Å². The summed E-state index contributed by atoms with van der Waals surface area (Å²) in [5, 5.41) is 3.61. The van der Waals surface area contributed by atoms with E-state index in [4.69, 9.17) is 9.47 Å². The molecule has 20 heavy (non-hydrogen) atoms. The van der Waals surface area contributed by atoms with Crippen LogP contribution < -0.4 is 14.8 Å². The number of methoxy groups -OCH3 is 2. The van der Waals surface area contributed by atoms with Crippen LogP contribution in [0.3, 0.4) is 0 Å². The van der Waals surface area contributed by atoms with Crippen molar-refractivity contribution >= 4 is 0 Å². The molecule has 3 heteroatoms. The minimum absolute atomic E-state index is 0.388. The van der Waals surface area contributed by atoms with Crippen molar-refractivity contribution in [2.75, 3.05) is 20.8 Å². The van der Waals surface area contributed by atoms with Crippen LogP contribution in [0.2, 0.25) is 0 Å². The third-order valence-corrected chi connectivity index (χ3v) is 4.12. The van der Waals surface area contributed by atoms with Gasteiger partial charge in [0.25, 0.3) is 0 Å². The highest BCUT2D eigenvalue weighted by Crippen LogP contribution is 2.38. The second-order valence-electron chi connectivity index (χ2n) is 5.88. The Balaban J connectivity index is 2.30. The van der Waals surface area contributed by atoms with Crippen molar-refractivity contribution in [2.24, 2.45) is 0 Å². The zero-order valence-electron chi connectivity index (χ0n) is 13.2. The average Bonchev–Trinajstić information content (AvgIpc) is 2.47. The lowest BCUT2D eigenvalue weighted by molar-refractivity contribution is 0.367. The van der Waals surface area contributed by atoms with Gasteiger partial charge in [0.2, 0.25) is 0 Å². The Hall–Kier alpha value is -1.22. The number of piperidine rings is 1. The molecule has 0 spiro atoms. The molecular weight excluding hydrogens is 250 g/mol. The van der Waals surface area contributed by atoms with Crippen molar-refractivity contribution < 1.29 is 9.47 Å². The van der Waals surface area contributed by atoms with E-state index >= 15 is 0 Å². The number of benzene rings is 1. The van der Waals surface area contributed by atoms with Crippen LogP contribution in [0.1, 0.15) is 50.2 Å². The molecule has 0 amide bonds. The molecule has 0 radical (unpaired) electrons. The fraction of sp³-hybridized carbons (Fsp3) is 0.647. The van der Waals surface area contributed by atoms with Crippen molar-refractivity contribution in [2.45, 2.75) is 51.5 Å². The second-order valence-corrected chi connectivity index (χ2v) is 5.88. The third-order valence-electron chi connectivity index (χ3n) is 4.12. The van der Waals surface area contributed by atoms with E-state index in [0.29, 0.717) is 12.0 Å². The third kappa shape index (κ3) is 3.26. The Bertz CT molecular complexity index is 437. The van der Waals surface area contributed by atoms with Gasteiger partial charge in [-0.25, -0.2) is 0 Å². The Morgan fingerprint density at radius 3 is 2.55 bits per heavy atom. The van der Waals surface area contributed by atoms with Crippen LogP contribution in [0, 0.1) is 0 Å². The molecule has 0 bridgehead atoms. The van der Waals surface area contributed by atoms with E-state index in [1.807, 2.05) is 0 Å². The fourth-order valence-corrected chi connectivity index (χ4v) is 3.12. The van der Waals surface area contributed by atoms with E-state index in [1.54, 1.807) is 14.2 Å². The zero-order chi connectivity index (χ0) is 14.5. The van der Waals surface area contributed by atoms with E-state index in [1.165, 1.54) is 30.4 Å². The fourth-order valence-electron chi connectivity index (χ4n) is 3.12. The second kappa shape index (κ2) is 6.98. The van der Waals surface area contributed by atoms with Gasteiger partial charge in [-0.3, -0.25) is 0 Å². The summed E-state index contributed by atoms with van der Waals surface area (Å²) in [5.74, 6) is 2.32. The Morgan fingerprint density at radius 2 is 2.00 bits per heavy atom. The average molecular weight is 277 g/mol. The zero-order valence-corrected chi connectivity index (χ0v) is 13.2. The first-order valence-electron chi connectivity index (χ1n) is 7.64. The summed E-state index contributed by atoms with van der Waals surface area (Å²) in [7, 11) is 3.49. The predicted molar refractivity (Wildman–Crippen MR) is 83.0 cm³/mol. The largest absolute Gasteiger partial charge is 0.496 e. The summed E-state index contributed by atoms with van der Waals surface area (Å²) in [6, 6.07) is 4.81. The first kappa shape index (κ1) is 15.2. The molecule has 112 valence electrons. The summed E-state index contributed by atoms with van der Waals surface area (Å²) in [4.78, 5) is 0. The van der Waals surface area contributed by atoms with Gasteiger partial charge in [-0.05, 0) is 43.4 Å². The molecule has 0 aromatic heterocycles. The lowest BCUT2D eigenvalue weighted by Crippen LogP contribution is -2.35. The minimum Gasteiger partial charge on any atom is -0.496 e. The Labute approximate surface area is 122 Å². The van der Waals surface area contributed by atoms with Gasteiger partial charge in [0, 0.05) is 11.6 Å². The van der Waals surface area contributed by atoms with Crippen molar-refractivity contribution in [3.8, 4) is 11.5 Å². The van der Waals surface area contributed by atoms with Crippen molar-refractivity contribution in [3.63, 3.8) is 0 Å². The molecule has 1 aliphatic rings. The molecule has 3 nitrogen and oxygen atoms in total. The first-order valence-corrected chi connectivity index (χ1v) is 7.64. The number of nitrogens with one attached hydrogen (secondary N) is 1. The lowest BCUT2D eigenvalue weighted by Gasteiger charge is -2.26. The summed E-state index contributed by atoms with van der Waals surface area (Å²) < 4.78 is 11.2. The van der Waals surface area contributed by atoms with Crippen LogP contribution in [0.25, 0.3) is 0 Å². The molecule has 0 saturated carbocycles. The first-order chi connectivity index (χ1) is 9.67. The minimum atomic E-state index is 0.388. The van der Waals surface area contributed by atoms with Crippen molar-refractivity contribution in [1.29, 1.82) is 0 Å². The monoisotopic (exact) mass is 277 g/mol. The molecule has 1 atom stereocenters. The quantitative estimate of drug-likeness (QED) is 0.893. The normalized spacial score (nSPS) is 19.1. The van der Waals surface area contributed by atoms with E-state index in [9.17, 15) is 0 Å². The number of hydrogen-bond acceptors (Lipinski definition) is 3. The molecule has 1 heterocycles. The molecular formula is C17H27NO2. The lowest BCUT2D eigenvalue weighted by atomic mass is 9.92. The van der Waals surface area contributed by atoms with Crippen LogP contribution in [0.5, 0.6) is 11.5 Å². The molecule has 1 unspecified atom stereocenters. The molecule has 1 fully saturated rings. The Kier molecular flexibility index (Phi) is 5.30. The summed E-state index contributed by atoms with van der Waals surface area (Å²) in [6.45, 7) is 5.51. The van der Waals surface area contributed by atoms with Crippen molar-refractivity contribution in [1.82, 2.24) is 5.32 Å². The van der Waals surface area contributed by atoms with E-state index in [-0.39, 0.29) is 0 Å². The van der Waals surface area contributed by atoms with Gasteiger partial charge in [0.1, 0.15) is 11.5 Å². The van der Waals surface area contributed by atoms with Crippen LogP contribution >= 0.6 is 0 Å². The van der Waals surface area contributed by atoms with Gasteiger partial charge in [0.05, 0.1) is 14.2 Å². The highest BCUT2D eigenvalue weighted by atomic mass is 16.5. The van der Waals surface area contributed by atoms with E-state index in [2.05, 4.69) is 31.3 Å². The van der Waals surface area contributed by atoms with Gasteiger partial charge >= 0.3 is 0 Å². The maximum atomic E-state index is 5.71. The predicted octanol–water partition coefficient (Wildman–Crippen LogP) is 3.51. The SMILES string of the molecule is COc1ccc(CC2CCCCN2)c(OC)c1C(C)C. The summed E-state index contributed by atoms with van der Waals surface area (Å²) >= 11 is 0. The van der Waals surface area contributed by atoms with Gasteiger partial charge in [-0.15, -0.1) is 0 Å². The summed E-state index contributed by atoms with van der Waals surface area (Å²) in [5.41, 5.74) is 2.47. The van der Waals surface area contributed by atoms with E-state index < -0.39 is 0 Å². The maximum absolute atomic E-state index is 5.71. The van der Waals surface area contributed by atoms with Crippen LogP contribution in [0.15, 0.2) is 12.1 Å². The Morgan fingerprint density at radius 1 is 1.20 bits per heavy atom. The molecule has 1 aliphatic heterocycles. The topological polar surface area (TPSA) is 30.5 Å². The number of hydrogen-bond donors (Lipinski definition) is 1. The van der Waals surface area contributed by atoms with Crippen LogP contribution in [0.4, 0.5) is 0 Å². The standard InChI is InChI=1S/C17H27NO2/c1-12(2)16-15(19-3)9-8-13(17(16)20-4)11-14-7-5-6-10-18-14/h8-9,12,14,18H,5-7,10-11H2,1-4H3. The number of ether oxygens (including phenoxy) is 2. The smallest absolute Gasteiger partial charge is 0.129 e. The van der Waals surface area contributed by atoms with Crippen LogP contribution in [-0.4, -0.2) is 26.8 Å². The van der Waals surface area contributed by atoms with Gasteiger partial charge in [-0.1, -0.05) is 26.3 Å². The number of rotatable bonds is 5. The van der Waals surface area contributed by atoms with Gasteiger partial charge in [0.15, 0.2) is 0 Å². The van der Waals surface area contributed by atoms with Crippen molar-refractivity contribution in [3.05, 3.63) is 23.3 Å². The molecule has 1 N–H and O–H groups in total. The molecule has 1 aromatic carbocycles. The van der Waals surface area contributed by atoms with Crippen LogP contribution in [-0.2, 0) is 6.42 Å². The highest BCUT2D eigenvalue weighted by molar-refractivity contribution is 5.52. The summed E-state index contributed by atoms with van der Waals surface area (Å²) in [6.07, 6.45) is 4.92.